The molecule has 8 aromatic carbocycles. The zero-order valence-corrected chi connectivity index (χ0v) is 29.3. The lowest BCUT2D eigenvalue weighted by atomic mass is 9.77. The van der Waals surface area contributed by atoms with Gasteiger partial charge in [0.05, 0.1) is 0 Å². The summed E-state index contributed by atoms with van der Waals surface area (Å²) in [5, 5.41) is 45.3. The Bertz CT molecular complexity index is 2300. The van der Waals surface area contributed by atoms with Crippen LogP contribution in [0.3, 0.4) is 0 Å². The van der Waals surface area contributed by atoms with Crippen molar-refractivity contribution in [2.24, 2.45) is 0 Å². The second kappa shape index (κ2) is 14.7. The standard InChI is InChI=1S/C50H36O4/c51-45-29-13-9-21-37(45)33-17-1-5-25-41(33)49(42-26-6-2-18-34(42)38-22-10-14-30-46(38)52)50(43-27-7-3-19-35(43)39-23-11-15-31-47(39)53)44-28-8-4-20-36(44)40-24-12-16-32-48(40)54/h1-32,51-54H. The molecular formula is C50H36O4. The Morgan fingerprint density at radius 3 is 0.574 bits per heavy atom. The first kappa shape index (κ1) is 33.8. The molecule has 0 heterocycles. The predicted octanol–water partition coefficient (Wildman–Crippen LogP) is 12.2. The molecule has 0 spiro atoms. The highest BCUT2D eigenvalue weighted by Gasteiger charge is 2.27. The van der Waals surface area contributed by atoms with Gasteiger partial charge in [-0.3, -0.25) is 0 Å². The van der Waals surface area contributed by atoms with E-state index in [-0.39, 0.29) is 23.0 Å². The summed E-state index contributed by atoms with van der Waals surface area (Å²) in [6.07, 6.45) is 0. The van der Waals surface area contributed by atoms with Crippen molar-refractivity contribution < 1.29 is 20.4 Å². The normalized spacial score (nSPS) is 10.9. The fourth-order valence-corrected chi connectivity index (χ4v) is 7.38. The Balaban J connectivity index is 1.62. The van der Waals surface area contributed by atoms with E-state index in [0.717, 1.165) is 55.7 Å². The molecule has 0 aliphatic rings. The molecule has 0 amide bonds. The van der Waals surface area contributed by atoms with Gasteiger partial charge < -0.3 is 20.4 Å². The summed E-state index contributed by atoms with van der Waals surface area (Å²) in [4.78, 5) is 0. The lowest BCUT2D eigenvalue weighted by Gasteiger charge is -2.26. The number of phenolic OH excluding ortho intramolecular Hbond substituents is 4. The van der Waals surface area contributed by atoms with Gasteiger partial charge in [-0.1, -0.05) is 170 Å². The second-order valence-corrected chi connectivity index (χ2v) is 13.0. The summed E-state index contributed by atoms with van der Waals surface area (Å²) in [5.41, 5.74) is 10.8. The topological polar surface area (TPSA) is 80.9 Å². The number of aromatic hydroxyl groups is 4. The summed E-state index contributed by atoms with van der Waals surface area (Å²) < 4.78 is 0. The maximum atomic E-state index is 11.3. The molecule has 0 saturated heterocycles. The van der Waals surface area contributed by atoms with Crippen LogP contribution in [0.1, 0.15) is 22.3 Å². The molecule has 0 aliphatic carbocycles. The average molecular weight is 701 g/mol. The molecule has 0 unspecified atom stereocenters. The Hall–Kier alpha value is -7.30. The molecule has 0 aliphatic heterocycles. The van der Waals surface area contributed by atoms with E-state index in [1.54, 1.807) is 24.3 Å². The minimum Gasteiger partial charge on any atom is -0.507 e. The highest BCUT2D eigenvalue weighted by Crippen LogP contribution is 2.50. The number of benzene rings is 8. The lowest BCUT2D eigenvalue weighted by molar-refractivity contribution is 0.477. The Morgan fingerprint density at radius 1 is 0.204 bits per heavy atom. The van der Waals surface area contributed by atoms with Crippen LogP contribution in [0.15, 0.2) is 194 Å². The molecule has 0 fully saturated rings. The molecular weight excluding hydrogens is 665 g/mol. The molecule has 4 nitrogen and oxygen atoms in total. The van der Waals surface area contributed by atoms with Crippen molar-refractivity contribution in [3.63, 3.8) is 0 Å². The number of hydrogen-bond acceptors (Lipinski definition) is 4. The van der Waals surface area contributed by atoms with Crippen LogP contribution in [0.5, 0.6) is 23.0 Å². The van der Waals surface area contributed by atoms with Crippen LogP contribution in [0, 0.1) is 0 Å². The minimum absolute atomic E-state index is 0.143. The summed E-state index contributed by atoms with van der Waals surface area (Å²) in [5.74, 6) is 0.571. The average Bonchev–Trinajstić information content (AvgIpc) is 3.21. The molecule has 8 rings (SSSR count). The Labute approximate surface area is 314 Å². The first-order valence-corrected chi connectivity index (χ1v) is 17.8. The molecule has 8 aromatic rings. The summed E-state index contributed by atoms with van der Waals surface area (Å²) in [6, 6.07) is 61.3. The molecule has 4 heteroatoms. The van der Waals surface area contributed by atoms with Gasteiger partial charge in [0.1, 0.15) is 23.0 Å². The molecule has 260 valence electrons. The van der Waals surface area contributed by atoms with Gasteiger partial charge >= 0.3 is 0 Å². The van der Waals surface area contributed by atoms with Crippen molar-refractivity contribution in [2.45, 2.75) is 0 Å². The van der Waals surface area contributed by atoms with Crippen LogP contribution < -0.4 is 0 Å². The SMILES string of the molecule is Oc1ccccc1-c1ccccc1C(=C(c1ccccc1-c1ccccc1O)c1ccccc1-c1ccccc1O)c1ccccc1-c1ccccc1O. The van der Waals surface area contributed by atoms with Gasteiger partial charge in [0.2, 0.25) is 0 Å². The Kier molecular flexibility index (Phi) is 9.23. The van der Waals surface area contributed by atoms with E-state index in [0.29, 0.717) is 22.3 Å². The van der Waals surface area contributed by atoms with Crippen molar-refractivity contribution >= 4 is 11.1 Å². The van der Waals surface area contributed by atoms with E-state index < -0.39 is 0 Å². The number of phenols is 4. The van der Waals surface area contributed by atoms with E-state index >= 15 is 0 Å². The van der Waals surface area contributed by atoms with E-state index in [2.05, 4.69) is 24.3 Å². The lowest BCUT2D eigenvalue weighted by Crippen LogP contribution is -2.03. The maximum Gasteiger partial charge on any atom is 0.123 e. The zero-order chi connectivity index (χ0) is 37.0. The fraction of sp³-hybridized carbons (Fsp3) is 0. The molecule has 0 bridgehead atoms. The van der Waals surface area contributed by atoms with Crippen LogP contribution >= 0.6 is 0 Å². The third kappa shape index (κ3) is 6.27. The van der Waals surface area contributed by atoms with Gasteiger partial charge in [-0.15, -0.1) is 0 Å². The molecule has 0 saturated carbocycles. The van der Waals surface area contributed by atoms with Gasteiger partial charge in [0.15, 0.2) is 0 Å². The van der Waals surface area contributed by atoms with Crippen molar-refractivity contribution in [3.8, 4) is 67.5 Å². The van der Waals surface area contributed by atoms with Crippen LogP contribution in [0.4, 0.5) is 0 Å². The van der Waals surface area contributed by atoms with Gasteiger partial charge in [0.25, 0.3) is 0 Å². The molecule has 0 aromatic heterocycles. The third-order valence-electron chi connectivity index (χ3n) is 9.81. The summed E-state index contributed by atoms with van der Waals surface area (Å²) in [7, 11) is 0. The highest BCUT2D eigenvalue weighted by atomic mass is 16.3. The van der Waals surface area contributed by atoms with Crippen LogP contribution in [-0.4, -0.2) is 20.4 Å². The first-order valence-electron chi connectivity index (χ1n) is 17.8. The third-order valence-corrected chi connectivity index (χ3v) is 9.81. The van der Waals surface area contributed by atoms with Gasteiger partial charge in [0, 0.05) is 22.3 Å². The first-order chi connectivity index (χ1) is 26.5. The predicted molar refractivity (Wildman–Crippen MR) is 219 cm³/mol. The quantitative estimate of drug-likeness (QED) is 0.119. The van der Waals surface area contributed by atoms with Crippen molar-refractivity contribution in [3.05, 3.63) is 216 Å². The van der Waals surface area contributed by atoms with Crippen LogP contribution in [0.2, 0.25) is 0 Å². The minimum atomic E-state index is 0.143. The highest BCUT2D eigenvalue weighted by molar-refractivity contribution is 6.13. The van der Waals surface area contributed by atoms with Crippen molar-refractivity contribution in [1.82, 2.24) is 0 Å². The van der Waals surface area contributed by atoms with Crippen LogP contribution in [0.25, 0.3) is 55.7 Å². The second-order valence-electron chi connectivity index (χ2n) is 13.0. The van der Waals surface area contributed by atoms with E-state index in [4.69, 9.17) is 0 Å². The molecule has 0 radical (unpaired) electrons. The summed E-state index contributed by atoms with van der Waals surface area (Å²) in [6.45, 7) is 0. The van der Waals surface area contributed by atoms with Gasteiger partial charge in [-0.25, -0.2) is 0 Å². The van der Waals surface area contributed by atoms with Gasteiger partial charge in [-0.05, 0) is 79.9 Å². The Morgan fingerprint density at radius 2 is 0.370 bits per heavy atom. The smallest absolute Gasteiger partial charge is 0.123 e. The molecule has 4 N–H and O–H groups in total. The number of rotatable bonds is 8. The van der Waals surface area contributed by atoms with Crippen molar-refractivity contribution in [1.29, 1.82) is 0 Å². The van der Waals surface area contributed by atoms with Crippen molar-refractivity contribution in [2.75, 3.05) is 0 Å². The van der Waals surface area contributed by atoms with E-state index in [9.17, 15) is 20.4 Å². The molecule has 54 heavy (non-hydrogen) atoms. The van der Waals surface area contributed by atoms with Gasteiger partial charge in [-0.2, -0.15) is 0 Å². The fourth-order valence-electron chi connectivity index (χ4n) is 7.38. The van der Waals surface area contributed by atoms with E-state index in [1.165, 1.54) is 0 Å². The number of para-hydroxylation sites is 4. The van der Waals surface area contributed by atoms with Crippen LogP contribution in [-0.2, 0) is 0 Å². The monoisotopic (exact) mass is 700 g/mol. The summed E-state index contributed by atoms with van der Waals surface area (Å²) >= 11 is 0. The number of hydrogen-bond donors (Lipinski definition) is 4. The molecule has 0 atom stereocenters. The maximum absolute atomic E-state index is 11.3. The zero-order valence-electron chi connectivity index (χ0n) is 29.3. The largest absolute Gasteiger partial charge is 0.507 e. The van der Waals surface area contributed by atoms with E-state index in [1.807, 2.05) is 146 Å².